The first kappa shape index (κ1) is 29.0. The van der Waals surface area contributed by atoms with Gasteiger partial charge in [-0.2, -0.15) is 0 Å². The van der Waals surface area contributed by atoms with Gasteiger partial charge in [0.1, 0.15) is 18.3 Å². The Morgan fingerprint density at radius 2 is 1.61 bits per heavy atom. The van der Waals surface area contributed by atoms with Gasteiger partial charge < -0.3 is 15.0 Å². The molecule has 1 atom stereocenters. The second kappa shape index (κ2) is 13.3. The fourth-order valence-electron chi connectivity index (χ4n) is 3.76. The van der Waals surface area contributed by atoms with E-state index in [0.29, 0.717) is 17.3 Å². The summed E-state index contributed by atoms with van der Waals surface area (Å²) in [6, 6.07) is 20.4. The fourth-order valence-corrected chi connectivity index (χ4v) is 5.32. The van der Waals surface area contributed by atoms with Gasteiger partial charge in [0, 0.05) is 18.1 Å². The molecule has 0 fully saturated rings. The van der Waals surface area contributed by atoms with Crippen molar-refractivity contribution in [1.29, 1.82) is 0 Å². The van der Waals surface area contributed by atoms with Crippen molar-refractivity contribution in [3.8, 4) is 5.75 Å². The minimum absolute atomic E-state index is 0.0400. The Bertz CT molecular complexity index is 1320. The van der Waals surface area contributed by atoms with Crippen molar-refractivity contribution in [2.24, 2.45) is 0 Å². The number of hydrogen-bond acceptors (Lipinski definition) is 5. The van der Waals surface area contributed by atoms with Crippen LogP contribution < -0.4 is 14.4 Å². The van der Waals surface area contributed by atoms with Crippen molar-refractivity contribution in [1.82, 2.24) is 10.2 Å². The topological polar surface area (TPSA) is 96.0 Å². The van der Waals surface area contributed by atoms with E-state index >= 15 is 0 Å². The monoisotopic (exact) mass is 557 g/mol. The van der Waals surface area contributed by atoms with Crippen LogP contribution in [0.2, 0.25) is 5.02 Å². The van der Waals surface area contributed by atoms with Crippen molar-refractivity contribution >= 4 is 39.1 Å². The van der Waals surface area contributed by atoms with E-state index in [2.05, 4.69) is 5.32 Å². The largest absolute Gasteiger partial charge is 0.497 e. The lowest BCUT2D eigenvalue weighted by Gasteiger charge is -2.32. The molecule has 0 aliphatic carbocycles. The molecule has 202 valence electrons. The SMILES string of the molecule is CCCNC(=O)[C@H](C)N(Cc1ccc(OC)cc1)C(=O)CN(c1ccc(Cl)cc1)S(=O)(=O)c1ccccc1. The molecule has 3 rings (SSSR count). The maximum absolute atomic E-state index is 13.8. The number of carbonyl (C=O) groups excluding carboxylic acids is 2. The van der Waals surface area contributed by atoms with Crippen LogP contribution in [0, 0.1) is 0 Å². The number of nitrogens with one attached hydrogen (secondary N) is 1. The number of carbonyl (C=O) groups is 2. The molecule has 10 heteroatoms. The number of benzene rings is 3. The van der Waals surface area contributed by atoms with Gasteiger partial charge in [0.25, 0.3) is 10.0 Å². The normalized spacial score (nSPS) is 11.9. The first-order chi connectivity index (χ1) is 18.2. The number of methoxy groups -OCH3 is 1. The summed E-state index contributed by atoms with van der Waals surface area (Å²) >= 11 is 6.04. The first-order valence-electron chi connectivity index (χ1n) is 12.2. The smallest absolute Gasteiger partial charge is 0.264 e. The van der Waals surface area contributed by atoms with Gasteiger partial charge in [0.05, 0.1) is 17.7 Å². The van der Waals surface area contributed by atoms with Crippen molar-refractivity contribution in [2.45, 2.75) is 37.8 Å². The highest BCUT2D eigenvalue weighted by molar-refractivity contribution is 7.92. The molecule has 2 amide bonds. The number of amides is 2. The van der Waals surface area contributed by atoms with E-state index in [1.165, 1.54) is 17.0 Å². The lowest BCUT2D eigenvalue weighted by atomic mass is 10.1. The maximum Gasteiger partial charge on any atom is 0.264 e. The summed E-state index contributed by atoms with van der Waals surface area (Å²) in [6.07, 6.45) is 0.741. The number of nitrogens with zero attached hydrogens (tertiary/aromatic N) is 2. The summed E-state index contributed by atoms with van der Waals surface area (Å²) in [5, 5.41) is 3.25. The molecule has 1 N–H and O–H groups in total. The Hall–Kier alpha value is -3.56. The zero-order valence-electron chi connectivity index (χ0n) is 21.6. The Labute approximate surface area is 229 Å². The van der Waals surface area contributed by atoms with E-state index in [1.54, 1.807) is 80.8 Å². The number of halogens is 1. The summed E-state index contributed by atoms with van der Waals surface area (Å²) in [5.74, 6) is -0.199. The summed E-state index contributed by atoms with van der Waals surface area (Å²) < 4.78 is 33.6. The Balaban J connectivity index is 1.99. The van der Waals surface area contributed by atoms with Gasteiger partial charge in [-0.3, -0.25) is 13.9 Å². The van der Waals surface area contributed by atoms with Gasteiger partial charge in [-0.05, 0) is 67.4 Å². The van der Waals surface area contributed by atoms with Gasteiger partial charge in [-0.25, -0.2) is 8.42 Å². The van der Waals surface area contributed by atoms with Crippen LogP contribution in [0.15, 0.2) is 83.8 Å². The van der Waals surface area contributed by atoms with Crippen molar-refractivity contribution in [3.05, 3.63) is 89.4 Å². The fraction of sp³-hybridized carbons (Fsp3) is 0.286. The molecule has 38 heavy (non-hydrogen) atoms. The minimum atomic E-state index is -4.11. The van der Waals surface area contributed by atoms with Gasteiger partial charge in [0.2, 0.25) is 11.8 Å². The van der Waals surface area contributed by atoms with Crippen LogP contribution in [0.1, 0.15) is 25.8 Å². The highest BCUT2D eigenvalue weighted by Crippen LogP contribution is 2.26. The maximum atomic E-state index is 13.8. The Kier molecular flexibility index (Phi) is 10.2. The third-order valence-corrected chi connectivity index (χ3v) is 7.99. The van der Waals surface area contributed by atoms with Gasteiger partial charge >= 0.3 is 0 Å². The molecule has 0 heterocycles. The van der Waals surface area contributed by atoms with Crippen molar-refractivity contribution in [3.63, 3.8) is 0 Å². The summed E-state index contributed by atoms with van der Waals surface area (Å²) in [7, 11) is -2.55. The molecule has 0 bridgehead atoms. The van der Waals surface area contributed by atoms with Gasteiger partial charge in [-0.1, -0.05) is 48.9 Å². The second-order valence-electron chi connectivity index (χ2n) is 8.64. The zero-order valence-corrected chi connectivity index (χ0v) is 23.2. The van der Waals surface area contributed by atoms with E-state index in [0.717, 1.165) is 16.3 Å². The van der Waals surface area contributed by atoms with Crippen LogP contribution in [0.3, 0.4) is 0 Å². The van der Waals surface area contributed by atoms with Gasteiger partial charge in [-0.15, -0.1) is 0 Å². The van der Waals surface area contributed by atoms with Crippen LogP contribution in [-0.2, 0) is 26.2 Å². The number of rotatable bonds is 12. The molecule has 0 aromatic heterocycles. The van der Waals surface area contributed by atoms with E-state index in [9.17, 15) is 18.0 Å². The summed E-state index contributed by atoms with van der Waals surface area (Å²) in [4.78, 5) is 28.1. The predicted molar refractivity (Wildman–Crippen MR) is 149 cm³/mol. The predicted octanol–water partition coefficient (Wildman–Crippen LogP) is 4.49. The third-order valence-electron chi connectivity index (χ3n) is 5.95. The van der Waals surface area contributed by atoms with E-state index in [-0.39, 0.29) is 23.0 Å². The number of ether oxygens (including phenoxy) is 1. The molecule has 0 unspecified atom stereocenters. The average molecular weight is 558 g/mol. The second-order valence-corrected chi connectivity index (χ2v) is 10.9. The Morgan fingerprint density at radius 3 is 2.18 bits per heavy atom. The Morgan fingerprint density at radius 1 is 0.974 bits per heavy atom. The molecule has 8 nitrogen and oxygen atoms in total. The third kappa shape index (κ3) is 7.26. The van der Waals surface area contributed by atoms with Gasteiger partial charge in [0.15, 0.2) is 0 Å². The van der Waals surface area contributed by atoms with E-state index in [1.807, 2.05) is 6.92 Å². The van der Waals surface area contributed by atoms with E-state index < -0.39 is 28.5 Å². The molecular formula is C28H32ClN3O5S. The minimum Gasteiger partial charge on any atom is -0.497 e. The number of hydrogen-bond donors (Lipinski definition) is 1. The molecule has 0 saturated heterocycles. The number of sulfonamides is 1. The molecule has 0 radical (unpaired) electrons. The zero-order chi connectivity index (χ0) is 27.7. The summed E-state index contributed by atoms with van der Waals surface area (Å²) in [5.41, 5.74) is 1.04. The summed E-state index contributed by atoms with van der Waals surface area (Å²) in [6.45, 7) is 3.62. The first-order valence-corrected chi connectivity index (χ1v) is 14.0. The quantitative estimate of drug-likeness (QED) is 0.354. The van der Waals surface area contributed by atoms with Crippen LogP contribution in [-0.4, -0.2) is 51.4 Å². The van der Waals surface area contributed by atoms with Crippen LogP contribution >= 0.6 is 11.6 Å². The standard InChI is InChI=1S/C28H32ClN3O5S/c1-4-18-30-28(34)21(2)31(19-22-10-16-25(37-3)17-11-22)27(33)20-32(24-14-12-23(29)13-15-24)38(35,36)26-8-6-5-7-9-26/h5-17,21H,4,18-20H2,1-3H3,(H,30,34)/t21-/m0/s1. The highest BCUT2D eigenvalue weighted by Gasteiger charge is 2.32. The van der Waals surface area contributed by atoms with E-state index in [4.69, 9.17) is 16.3 Å². The molecule has 0 aliphatic heterocycles. The molecule has 0 saturated carbocycles. The van der Waals surface area contributed by atoms with Crippen LogP contribution in [0.4, 0.5) is 5.69 Å². The molecule has 3 aromatic carbocycles. The van der Waals surface area contributed by atoms with Crippen molar-refractivity contribution < 1.29 is 22.7 Å². The van der Waals surface area contributed by atoms with Crippen LogP contribution in [0.25, 0.3) is 0 Å². The molecule has 0 aliphatic rings. The van der Waals surface area contributed by atoms with Crippen LogP contribution in [0.5, 0.6) is 5.75 Å². The molecular weight excluding hydrogens is 526 g/mol. The molecule has 0 spiro atoms. The lowest BCUT2D eigenvalue weighted by Crippen LogP contribution is -2.51. The highest BCUT2D eigenvalue weighted by atomic mass is 35.5. The molecule has 3 aromatic rings. The van der Waals surface area contributed by atoms with Crippen molar-refractivity contribution in [2.75, 3.05) is 24.5 Å². The average Bonchev–Trinajstić information content (AvgIpc) is 2.94. The lowest BCUT2D eigenvalue weighted by molar-refractivity contribution is -0.139. The number of anilines is 1.